The number of nitrogens with zero attached hydrogens (tertiary/aromatic N) is 2. The lowest BCUT2D eigenvalue weighted by atomic mass is 10.1. The minimum Gasteiger partial charge on any atom is -0.386 e. The van der Waals surface area contributed by atoms with Crippen LogP contribution in [-0.2, 0) is 13.6 Å². The highest BCUT2D eigenvalue weighted by molar-refractivity contribution is 6.92. The van der Waals surface area contributed by atoms with E-state index in [9.17, 15) is 9.90 Å². The van der Waals surface area contributed by atoms with Crippen molar-refractivity contribution in [3.05, 3.63) is 83.4 Å². The van der Waals surface area contributed by atoms with Crippen molar-refractivity contribution in [1.82, 2.24) is 9.55 Å². The number of hydrogen-bond donors (Lipinski definition) is 2. The van der Waals surface area contributed by atoms with E-state index in [2.05, 4.69) is 4.98 Å². The molecule has 2 fully saturated rings. The molecule has 5 rings (SSSR count). The first kappa shape index (κ1) is 19.2. The highest BCUT2D eigenvalue weighted by Gasteiger charge is 2.57. The molecule has 0 spiro atoms. The maximum absolute atomic E-state index is 12.3. The second kappa shape index (κ2) is 7.46. The molecule has 3 N–H and O–H groups in total. The molecule has 1 aromatic heterocycles. The van der Waals surface area contributed by atoms with Crippen LogP contribution in [0.3, 0.4) is 0 Å². The van der Waals surface area contributed by atoms with Crippen LogP contribution in [0.15, 0.2) is 77.7 Å². The summed E-state index contributed by atoms with van der Waals surface area (Å²) < 4.78 is 20.2. The Bertz CT molecular complexity index is 1060. The molecule has 3 heterocycles. The van der Waals surface area contributed by atoms with E-state index in [0.29, 0.717) is 0 Å². The summed E-state index contributed by atoms with van der Waals surface area (Å²) in [6, 6.07) is 21.0. The van der Waals surface area contributed by atoms with Gasteiger partial charge in [-0.15, -0.1) is 0 Å². The van der Waals surface area contributed by atoms with Crippen molar-refractivity contribution in [3.8, 4) is 0 Å². The zero-order valence-electron chi connectivity index (χ0n) is 16.0. The van der Waals surface area contributed by atoms with Crippen molar-refractivity contribution in [2.24, 2.45) is 0 Å². The third-order valence-corrected chi connectivity index (χ3v) is 8.86. The predicted molar refractivity (Wildman–Crippen MR) is 112 cm³/mol. The van der Waals surface area contributed by atoms with Crippen LogP contribution in [-0.4, -0.2) is 48.1 Å². The molecule has 2 saturated heterocycles. The summed E-state index contributed by atoms with van der Waals surface area (Å²) in [4.78, 5) is 16.0. The molecule has 4 unspecified atom stereocenters. The fourth-order valence-electron chi connectivity index (χ4n) is 4.06. The van der Waals surface area contributed by atoms with Crippen LogP contribution < -0.4 is 21.8 Å². The monoisotopic (exact) mass is 423 g/mol. The Morgan fingerprint density at radius 3 is 2.27 bits per heavy atom. The minimum atomic E-state index is -3.08. The van der Waals surface area contributed by atoms with Crippen LogP contribution in [0.5, 0.6) is 0 Å². The van der Waals surface area contributed by atoms with Gasteiger partial charge < -0.3 is 24.4 Å². The Morgan fingerprint density at radius 1 is 1.03 bits per heavy atom. The number of nitrogen functional groups attached to an aromatic ring is 1. The van der Waals surface area contributed by atoms with E-state index in [1.54, 1.807) is 0 Å². The number of rotatable bonds is 3. The van der Waals surface area contributed by atoms with E-state index >= 15 is 0 Å². The Balaban J connectivity index is 1.53. The standard InChI is InChI=1S/C21H21N3O5Si/c22-17-11-12-24(21(26)23-17)20-18(25)19-16(28-20)13-27-30(29-19,14-7-3-1-4-8-14)15-9-5-2-6-10-15/h1-12,16,18-20,25H,13H2,(H2,22,23,26). The van der Waals surface area contributed by atoms with Crippen LogP contribution in [0.2, 0.25) is 0 Å². The maximum atomic E-state index is 12.3. The third-order valence-electron chi connectivity index (χ3n) is 5.50. The Hall–Kier alpha value is -2.82. The normalized spacial score (nSPS) is 27.5. The molecule has 0 radical (unpaired) electrons. The number of aliphatic hydroxyl groups is 1. The zero-order valence-corrected chi connectivity index (χ0v) is 17.0. The number of ether oxygens (including phenoxy) is 1. The Kier molecular flexibility index (Phi) is 4.76. The molecule has 0 bridgehead atoms. The SMILES string of the molecule is Nc1ccn(C2OC3CO[Si](c4ccccc4)(c4ccccc4)OC3C2O)c(=O)n1. The Labute approximate surface area is 173 Å². The molecule has 154 valence electrons. The van der Waals surface area contributed by atoms with Crippen LogP contribution in [0, 0.1) is 0 Å². The van der Waals surface area contributed by atoms with Gasteiger partial charge in [0.15, 0.2) is 6.23 Å². The molecule has 9 heteroatoms. The molecule has 2 aliphatic heterocycles. The second-order valence-corrected chi connectivity index (χ2v) is 10.3. The number of hydrogen-bond acceptors (Lipinski definition) is 7. The predicted octanol–water partition coefficient (Wildman–Crippen LogP) is -0.244. The van der Waals surface area contributed by atoms with Gasteiger partial charge in [0, 0.05) is 6.20 Å². The Morgan fingerprint density at radius 2 is 1.67 bits per heavy atom. The van der Waals surface area contributed by atoms with E-state index < -0.39 is 38.8 Å². The van der Waals surface area contributed by atoms with Gasteiger partial charge >= 0.3 is 14.3 Å². The lowest BCUT2D eigenvalue weighted by molar-refractivity contribution is -0.0675. The van der Waals surface area contributed by atoms with Crippen molar-refractivity contribution in [1.29, 1.82) is 0 Å². The van der Waals surface area contributed by atoms with Crippen molar-refractivity contribution in [3.63, 3.8) is 0 Å². The smallest absolute Gasteiger partial charge is 0.386 e. The van der Waals surface area contributed by atoms with Gasteiger partial charge in [0.1, 0.15) is 24.1 Å². The van der Waals surface area contributed by atoms with Gasteiger partial charge in [-0.1, -0.05) is 60.7 Å². The maximum Gasteiger partial charge on any atom is 0.407 e. The van der Waals surface area contributed by atoms with Crippen molar-refractivity contribution >= 4 is 24.8 Å². The van der Waals surface area contributed by atoms with Gasteiger partial charge in [-0.3, -0.25) is 4.57 Å². The van der Waals surface area contributed by atoms with Crippen molar-refractivity contribution in [2.75, 3.05) is 12.3 Å². The lowest BCUT2D eigenvalue weighted by Gasteiger charge is -2.40. The minimum absolute atomic E-state index is 0.111. The second-order valence-electron chi connectivity index (χ2n) is 7.34. The largest absolute Gasteiger partial charge is 0.407 e. The third kappa shape index (κ3) is 3.08. The number of aliphatic hydroxyl groups excluding tert-OH is 1. The number of benzene rings is 2. The van der Waals surface area contributed by atoms with Gasteiger partial charge in [0.2, 0.25) is 0 Å². The fourth-order valence-corrected chi connectivity index (χ4v) is 7.40. The molecule has 2 aromatic carbocycles. The topological polar surface area (TPSA) is 109 Å². The first-order valence-electron chi connectivity index (χ1n) is 9.69. The summed E-state index contributed by atoms with van der Waals surface area (Å²) in [5.41, 5.74) is 4.99. The van der Waals surface area contributed by atoms with E-state index in [-0.39, 0.29) is 12.4 Å². The average molecular weight is 424 g/mol. The summed E-state index contributed by atoms with van der Waals surface area (Å²) in [6.07, 6.45) is -1.69. The highest BCUT2D eigenvalue weighted by atomic mass is 28.4. The van der Waals surface area contributed by atoms with Gasteiger partial charge in [-0.2, -0.15) is 4.98 Å². The van der Waals surface area contributed by atoms with Crippen LogP contribution >= 0.6 is 0 Å². The van der Waals surface area contributed by atoms with Gasteiger partial charge in [-0.05, 0) is 16.4 Å². The summed E-state index contributed by atoms with van der Waals surface area (Å²) >= 11 is 0. The van der Waals surface area contributed by atoms with E-state index in [4.69, 9.17) is 19.3 Å². The molecular weight excluding hydrogens is 402 g/mol. The molecule has 0 amide bonds. The molecule has 0 saturated carbocycles. The fraction of sp³-hybridized carbons (Fsp3) is 0.238. The molecule has 3 aromatic rings. The quantitative estimate of drug-likeness (QED) is 0.560. The molecular formula is C21H21N3O5Si. The zero-order chi connectivity index (χ0) is 20.7. The van der Waals surface area contributed by atoms with Gasteiger partial charge in [0.25, 0.3) is 0 Å². The number of anilines is 1. The summed E-state index contributed by atoms with van der Waals surface area (Å²) in [7, 11) is -3.08. The molecule has 0 aliphatic carbocycles. The molecule has 2 aliphatic rings. The lowest BCUT2D eigenvalue weighted by Crippen LogP contribution is -2.69. The summed E-state index contributed by atoms with van der Waals surface area (Å²) in [5.74, 6) is 0.111. The van der Waals surface area contributed by atoms with E-state index in [1.165, 1.54) is 16.8 Å². The van der Waals surface area contributed by atoms with Gasteiger partial charge in [0.05, 0.1) is 6.61 Å². The molecule has 8 nitrogen and oxygen atoms in total. The summed E-state index contributed by atoms with van der Waals surface area (Å²) in [6.45, 7) is 0.241. The van der Waals surface area contributed by atoms with Crippen LogP contribution in [0.25, 0.3) is 0 Å². The molecule has 30 heavy (non-hydrogen) atoms. The first-order valence-corrected chi connectivity index (χ1v) is 11.5. The van der Waals surface area contributed by atoms with Crippen LogP contribution in [0.4, 0.5) is 5.82 Å². The van der Waals surface area contributed by atoms with Gasteiger partial charge in [-0.25, -0.2) is 4.79 Å². The summed E-state index contributed by atoms with van der Waals surface area (Å²) in [5, 5.41) is 12.9. The van der Waals surface area contributed by atoms with Crippen molar-refractivity contribution in [2.45, 2.75) is 24.5 Å². The van der Waals surface area contributed by atoms with Crippen molar-refractivity contribution < 1.29 is 18.7 Å². The first-order chi connectivity index (χ1) is 14.6. The molecule has 4 atom stereocenters. The van der Waals surface area contributed by atoms with E-state index in [1.807, 2.05) is 60.7 Å². The number of aromatic nitrogens is 2. The number of nitrogens with two attached hydrogens (primary N) is 1. The highest BCUT2D eigenvalue weighted by Crippen LogP contribution is 2.36. The van der Waals surface area contributed by atoms with E-state index in [0.717, 1.165) is 10.4 Å². The number of fused-ring (bicyclic) bond motifs is 1. The van der Waals surface area contributed by atoms with Crippen LogP contribution in [0.1, 0.15) is 6.23 Å². The average Bonchev–Trinajstić information content (AvgIpc) is 3.10.